The molecule has 23 heavy (non-hydrogen) atoms. The summed E-state index contributed by atoms with van der Waals surface area (Å²) in [5, 5.41) is 5.74. The SMILES string of the molecule is CC[C@@H](C)NC(=O)c1ccc(NC(=O)c2cccc(C)c2)cc1. The van der Waals surface area contributed by atoms with Gasteiger partial charge in [-0.25, -0.2) is 0 Å². The Kier molecular flexibility index (Phi) is 5.52. The van der Waals surface area contributed by atoms with Crippen LogP contribution in [0.25, 0.3) is 0 Å². The van der Waals surface area contributed by atoms with Gasteiger partial charge in [0.15, 0.2) is 0 Å². The highest BCUT2D eigenvalue weighted by atomic mass is 16.2. The molecule has 4 heteroatoms. The molecule has 120 valence electrons. The van der Waals surface area contributed by atoms with Crippen molar-refractivity contribution in [2.45, 2.75) is 33.2 Å². The molecule has 4 nitrogen and oxygen atoms in total. The summed E-state index contributed by atoms with van der Waals surface area (Å²) in [5.41, 5.74) is 2.90. The number of amides is 2. The molecule has 2 aromatic rings. The van der Waals surface area contributed by atoms with Crippen molar-refractivity contribution in [2.24, 2.45) is 0 Å². The predicted molar refractivity (Wildman–Crippen MR) is 92.8 cm³/mol. The molecule has 0 saturated carbocycles. The highest BCUT2D eigenvalue weighted by Gasteiger charge is 2.09. The monoisotopic (exact) mass is 310 g/mol. The van der Waals surface area contributed by atoms with Crippen LogP contribution < -0.4 is 10.6 Å². The van der Waals surface area contributed by atoms with Crippen LogP contribution >= 0.6 is 0 Å². The summed E-state index contributed by atoms with van der Waals surface area (Å²) in [4.78, 5) is 24.2. The lowest BCUT2D eigenvalue weighted by atomic mass is 10.1. The highest BCUT2D eigenvalue weighted by molar-refractivity contribution is 6.04. The summed E-state index contributed by atoms with van der Waals surface area (Å²) in [5.74, 6) is -0.263. The van der Waals surface area contributed by atoms with Gasteiger partial charge in [0.25, 0.3) is 11.8 Å². The Labute approximate surface area is 136 Å². The molecule has 0 radical (unpaired) electrons. The van der Waals surface area contributed by atoms with E-state index in [0.29, 0.717) is 16.8 Å². The summed E-state index contributed by atoms with van der Waals surface area (Å²) >= 11 is 0. The number of carbonyl (C=O) groups excluding carboxylic acids is 2. The van der Waals surface area contributed by atoms with Crippen LogP contribution in [0.1, 0.15) is 46.5 Å². The minimum absolute atomic E-state index is 0.101. The molecule has 0 heterocycles. The third kappa shape index (κ3) is 4.68. The average Bonchev–Trinajstić information content (AvgIpc) is 2.55. The van der Waals surface area contributed by atoms with Crippen LogP contribution in [0.2, 0.25) is 0 Å². The van der Waals surface area contributed by atoms with Gasteiger partial charge in [-0.05, 0) is 56.7 Å². The molecule has 0 spiro atoms. The maximum Gasteiger partial charge on any atom is 0.255 e. The van der Waals surface area contributed by atoms with Crippen LogP contribution in [0.15, 0.2) is 48.5 Å². The van der Waals surface area contributed by atoms with Crippen molar-refractivity contribution in [3.05, 3.63) is 65.2 Å². The number of hydrogen-bond donors (Lipinski definition) is 2. The second-order valence-electron chi connectivity index (χ2n) is 5.68. The zero-order valence-electron chi connectivity index (χ0n) is 13.7. The Bertz CT molecular complexity index is 693. The van der Waals surface area contributed by atoms with Crippen molar-refractivity contribution in [2.75, 3.05) is 5.32 Å². The second kappa shape index (κ2) is 7.58. The maximum atomic E-state index is 12.2. The fraction of sp³-hybridized carbons (Fsp3) is 0.263. The zero-order chi connectivity index (χ0) is 16.8. The molecule has 0 unspecified atom stereocenters. The van der Waals surface area contributed by atoms with Gasteiger partial charge in [-0.15, -0.1) is 0 Å². The number of carbonyl (C=O) groups is 2. The molecule has 0 aromatic heterocycles. The van der Waals surface area contributed by atoms with Crippen molar-refractivity contribution in [3.63, 3.8) is 0 Å². The van der Waals surface area contributed by atoms with Crippen LogP contribution in [0.3, 0.4) is 0 Å². The van der Waals surface area contributed by atoms with Gasteiger partial charge in [-0.3, -0.25) is 9.59 Å². The van der Waals surface area contributed by atoms with E-state index in [0.717, 1.165) is 12.0 Å². The van der Waals surface area contributed by atoms with E-state index in [1.165, 1.54) is 0 Å². The Hall–Kier alpha value is -2.62. The number of anilines is 1. The van der Waals surface area contributed by atoms with Crippen molar-refractivity contribution < 1.29 is 9.59 Å². The highest BCUT2D eigenvalue weighted by Crippen LogP contribution is 2.12. The van der Waals surface area contributed by atoms with Gasteiger partial charge in [-0.2, -0.15) is 0 Å². The Balaban J connectivity index is 2.02. The lowest BCUT2D eigenvalue weighted by Crippen LogP contribution is -2.31. The van der Waals surface area contributed by atoms with Gasteiger partial charge < -0.3 is 10.6 Å². The minimum atomic E-state index is -0.162. The van der Waals surface area contributed by atoms with E-state index in [1.54, 1.807) is 30.3 Å². The van der Waals surface area contributed by atoms with E-state index in [-0.39, 0.29) is 17.9 Å². The summed E-state index contributed by atoms with van der Waals surface area (Å²) in [6.45, 7) is 5.94. The first-order valence-corrected chi connectivity index (χ1v) is 7.78. The zero-order valence-corrected chi connectivity index (χ0v) is 13.7. The summed E-state index contributed by atoms with van der Waals surface area (Å²) in [6.07, 6.45) is 0.885. The van der Waals surface area contributed by atoms with Gasteiger partial charge in [0.2, 0.25) is 0 Å². The molecule has 2 rings (SSSR count). The Morgan fingerprint density at radius 3 is 2.30 bits per heavy atom. The Morgan fingerprint density at radius 1 is 1.00 bits per heavy atom. The Morgan fingerprint density at radius 2 is 1.70 bits per heavy atom. The van der Waals surface area contributed by atoms with Crippen molar-refractivity contribution >= 4 is 17.5 Å². The molecule has 0 bridgehead atoms. The molecule has 2 amide bonds. The van der Waals surface area contributed by atoms with Crippen molar-refractivity contribution in [1.82, 2.24) is 5.32 Å². The van der Waals surface area contributed by atoms with Gasteiger partial charge in [-0.1, -0.05) is 24.6 Å². The van der Waals surface area contributed by atoms with E-state index < -0.39 is 0 Å². The quantitative estimate of drug-likeness (QED) is 0.883. The molecule has 2 N–H and O–H groups in total. The molecule has 0 aliphatic heterocycles. The van der Waals surface area contributed by atoms with Crippen LogP contribution in [0.4, 0.5) is 5.69 Å². The van der Waals surface area contributed by atoms with Crippen molar-refractivity contribution in [3.8, 4) is 0 Å². The largest absolute Gasteiger partial charge is 0.350 e. The van der Waals surface area contributed by atoms with E-state index in [9.17, 15) is 9.59 Å². The predicted octanol–water partition coefficient (Wildman–Crippen LogP) is 3.78. The van der Waals surface area contributed by atoms with Crippen LogP contribution in [0, 0.1) is 6.92 Å². The lowest BCUT2D eigenvalue weighted by Gasteiger charge is -2.12. The number of benzene rings is 2. The summed E-state index contributed by atoms with van der Waals surface area (Å²) in [7, 11) is 0. The first kappa shape index (κ1) is 16.7. The summed E-state index contributed by atoms with van der Waals surface area (Å²) < 4.78 is 0. The molecule has 0 aliphatic carbocycles. The summed E-state index contributed by atoms with van der Waals surface area (Å²) in [6, 6.07) is 14.4. The molecule has 1 atom stereocenters. The standard InChI is InChI=1S/C19H22N2O2/c1-4-14(3)20-18(22)15-8-10-17(11-9-15)21-19(23)16-7-5-6-13(2)12-16/h5-12,14H,4H2,1-3H3,(H,20,22)(H,21,23)/t14-/m1/s1. The normalized spacial score (nSPS) is 11.6. The van der Waals surface area contributed by atoms with Crippen molar-refractivity contribution in [1.29, 1.82) is 0 Å². The molecule has 0 aliphatic rings. The van der Waals surface area contributed by atoms with Gasteiger partial charge in [0.1, 0.15) is 0 Å². The molecule has 0 saturated heterocycles. The van der Waals surface area contributed by atoms with Gasteiger partial charge in [0.05, 0.1) is 0 Å². The van der Waals surface area contributed by atoms with Gasteiger partial charge in [0, 0.05) is 22.9 Å². The van der Waals surface area contributed by atoms with E-state index in [2.05, 4.69) is 10.6 Å². The smallest absolute Gasteiger partial charge is 0.255 e. The second-order valence-corrected chi connectivity index (χ2v) is 5.68. The maximum absolute atomic E-state index is 12.2. The number of nitrogens with one attached hydrogen (secondary N) is 2. The molecule has 0 fully saturated rings. The fourth-order valence-electron chi connectivity index (χ4n) is 2.10. The first-order chi connectivity index (χ1) is 11.0. The number of hydrogen-bond acceptors (Lipinski definition) is 2. The molecular formula is C19H22N2O2. The minimum Gasteiger partial charge on any atom is -0.350 e. The topological polar surface area (TPSA) is 58.2 Å². The van der Waals surface area contributed by atoms with Gasteiger partial charge >= 0.3 is 0 Å². The third-order valence-corrected chi connectivity index (χ3v) is 3.68. The van der Waals surface area contributed by atoms with E-state index in [1.807, 2.05) is 39.0 Å². The number of rotatable bonds is 5. The molecular weight excluding hydrogens is 288 g/mol. The van der Waals surface area contributed by atoms with E-state index in [4.69, 9.17) is 0 Å². The van der Waals surface area contributed by atoms with Crippen LogP contribution in [0.5, 0.6) is 0 Å². The lowest BCUT2D eigenvalue weighted by molar-refractivity contribution is 0.0938. The third-order valence-electron chi connectivity index (χ3n) is 3.68. The van der Waals surface area contributed by atoms with Crippen LogP contribution in [-0.4, -0.2) is 17.9 Å². The van der Waals surface area contributed by atoms with Crippen LogP contribution in [-0.2, 0) is 0 Å². The fourth-order valence-corrected chi connectivity index (χ4v) is 2.10. The van der Waals surface area contributed by atoms with E-state index >= 15 is 0 Å². The average molecular weight is 310 g/mol. The number of aryl methyl sites for hydroxylation is 1. The first-order valence-electron chi connectivity index (χ1n) is 7.78. The molecule has 2 aromatic carbocycles.